The van der Waals surface area contributed by atoms with Crippen molar-refractivity contribution in [1.82, 2.24) is 9.80 Å². The fourth-order valence-corrected chi connectivity index (χ4v) is 9.68. The first-order valence-electron chi connectivity index (χ1n) is 10.1. The number of carbonyl (C=O) groups is 4. The summed E-state index contributed by atoms with van der Waals surface area (Å²) in [6.07, 6.45) is 1.26. The van der Waals surface area contributed by atoms with Crippen LogP contribution in [-0.4, -0.2) is 88.9 Å². The van der Waals surface area contributed by atoms with Gasteiger partial charge in [-0.25, -0.2) is 0 Å². The molecule has 8 nitrogen and oxygen atoms in total. The van der Waals surface area contributed by atoms with Gasteiger partial charge >= 0.3 is 0 Å². The number of nitrogens with zero attached hydrogens (tertiary/aromatic N) is 2. The molecule has 2 amide bonds. The summed E-state index contributed by atoms with van der Waals surface area (Å²) in [7, 11) is 0. The van der Waals surface area contributed by atoms with Crippen LogP contribution in [-0.2, 0) is 19.2 Å². The maximum Gasteiger partial charge on any atom is 0.261 e. The maximum atomic E-state index is 14.1. The highest BCUT2D eigenvalue weighted by Gasteiger charge is 2.78. The fraction of sp³-hybridized carbons (Fsp3) is 0.789. The normalized spacial score (nSPS) is 52.7. The maximum absolute atomic E-state index is 14.1. The van der Waals surface area contributed by atoms with E-state index in [1.807, 2.05) is 0 Å². The van der Waals surface area contributed by atoms with Crippen LogP contribution < -0.4 is 0 Å². The number of piperazine rings is 1. The first-order chi connectivity index (χ1) is 13.8. The highest BCUT2D eigenvalue weighted by atomic mass is 32.2. The first kappa shape index (κ1) is 18.7. The van der Waals surface area contributed by atoms with Crippen LogP contribution in [0.15, 0.2) is 0 Å². The number of amides is 2. The van der Waals surface area contributed by atoms with E-state index in [0.717, 1.165) is 0 Å². The molecular weight excluding hydrogens is 416 g/mol. The molecular formula is C19H22N2O6S2. The average Bonchev–Trinajstić information content (AvgIpc) is 3.17. The molecule has 10 heteroatoms. The third kappa shape index (κ3) is 1.89. The van der Waals surface area contributed by atoms with Gasteiger partial charge in [0.1, 0.15) is 5.78 Å². The minimum absolute atomic E-state index is 0.00714. The molecule has 0 aromatic heterocycles. The van der Waals surface area contributed by atoms with Crippen molar-refractivity contribution >= 4 is 46.9 Å². The summed E-state index contributed by atoms with van der Waals surface area (Å²) in [6.45, 7) is 0. The number of carbonyl (C=O) groups excluding carboxylic acids is 4. The number of fused-ring (bicyclic) bond motifs is 5. The minimum atomic E-state index is -1.27. The molecule has 6 rings (SSSR count). The molecule has 156 valence electrons. The van der Waals surface area contributed by atoms with Crippen molar-refractivity contribution in [2.45, 2.75) is 71.4 Å². The van der Waals surface area contributed by atoms with Gasteiger partial charge in [-0.15, -0.1) is 23.5 Å². The topological polar surface area (TPSA) is 115 Å². The smallest absolute Gasteiger partial charge is 0.261 e. The molecule has 4 aliphatic heterocycles. The number of hydrogen-bond acceptors (Lipinski definition) is 8. The molecule has 6 fully saturated rings. The lowest BCUT2D eigenvalue weighted by Crippen LogP contribution is -2.74. The van der Waals surface area contributed by atoms with Gasteiger partial charge in [0.2, 0.25) is 0 Å². The summed E-state index contributed by atoms with van der Waals surface area (Å²) in [6, 6.07) is -1.38. The summed E-state index contributed by atoms with van der Waals surface area (Å²) >= 11 is 2.43. The lowest BCUT2D eigenvalue weighted by atomic mass is 9.80. The van der Waals surface area contributed by atoms with E-state index in [1.54, 1.807) is 6.26 Å². The second kappa shape index (κ2) is 5.57. The van der Waals surface area contributed by atoms with Crippen LogP contribution in [0.1, 0.15) is 32.1 Å². The van der Waals surface area contributed by atoms with E-state index in [2.05, 4.69) is 0 Å². The van der Waals surface area contributed by atoms with E-state index >= 15 is 0 Å². The van der Waals surface area contributed by atoms with E-state index in [4.69, 9.17) is 0 Å². The number of Topliss-reactive ketones (excluding diaryl/α,β-unsaturated/α-hetero) is 2. The van der Waals surface area contributed by atoms with Crippen LogP contribution in [0.3, 0.4) is 0 Å². The van der Waals surface area contributed by atoms with Crippen molar-refractivity contribution in [1.29, 1.82) is 0 Å². The number of thioether (sulfide) groups is 2. The summed E-state index contributed by atoms with van der Waals surface area (Å²) in [5, 5.41) is 21.0. The Balaban J connectivity index is 1.54. The SMILES string of the molecule is CSC12CC3C(=O)CCC(O)C3N1C(=O)C13CC4C(=O)C(CC(O)C4N1C2=O)S3. The predicted octanol–water partition coefficient (Wildman–Crippen LogP) is -0.637. The van der Waals surface area contributed by atoms with Crippen LogP contribution in [0.2, 0.25) is 0 Å². The van der Waals surface area contributed by atoms with Crippen molar-refractivity contribution in [3.8, 4) is 0 Å². The van der Waals surface area contributed by atoms with Crippen LogP contribution in [0.25, 0.3) is 0 Å². The van der Waals surface area contributed by atoms with E-state index in [-0.39, 0.29) is 55.5 Å². The van der Waals surface area contributed by atoms with E-state index in [9.17, 15) is 29.4 Å². The van der Waals surface area contributed by atoms with E-state index < -0.39 is 51.1 Å². The van der Waals surface area contributed by atoms with Gasteiger partial charge < -0.3 is 20.0 Å². The second-order valence-corrected chi connectivity index (χ2v) is 11.7. The zero-order valence-corrected chi connectivity index (χ0v) is 17.4. The molecule has 1 spiro atoms. The van der Waals surface area contributed by atoms with Gasteiger partial charge in [0.25, 0.3) is 11.8 Å². The van der Waals surface area contributed by atoms with Crippen LogP contribution >= 0.6 is 23.5 Å². The highest BCUT2D eigenvalue weighted by molar-refractivity contribution is 8.03. The van der Waals surface area contributed by atoms with Gasteiger partial charge in [-0.2, -0.15) is 0 Å². The molecule has 0 radical (unpaired) electrons. The Morgan fingerprint density at radius 1 is 1.00 bits per heavy atom. The Bertz CT molecular complexity index is 883. The van der Waals surface area contributed by atoms with Gasteiger partial charge in [-0.3, -0.25) is 19.2 Å². The second-order valence-electron chi connectivity index (χ2n) is 9.11. The third-order valence-corrected chi connectivity index (χ3v) is 10.9. The Morgan fingerprint density at radius 3 is 2.45 bits per heavy atom. The summed E-state index contributed by atoms with van der Waals surface area (Å²) in [4.78, 5) is 54.0. The number of rotatable bonds is 1. The quantitative estimate of drug-likeness (QED) is 0.556. The van der Waals surface area contributed by atoms with Gasteiger partial charge in [0.15, 0.2) is 15.5 Å². The summed E-state index contributed by atoms with van der Waals surface area (Å²) in [5.74, 6) is -1.64. The number of aliphatic hydroxyl groups excluding tert-OH is 2. The molecule has 29 heavy (non-hydrogen) atoms. The van der Waals surface area contributed by atoms with Crippen molar-refractivity contribution in [3.05, 3.63) is 0 Å². The zero-order valence-electron chi connectivity index (χ0n) is 15.8. The fourth-order valence-electron chi connectivity index (χ4n) is 6.81. The number of ketones is 2. The molecule has 4 heterocycles. The van der Waals surface area contributed by atoms with Gasteiger partial charge in [-0.05, 0) is 19.1 Å². The molecule has 2 aliphatic carbocycles. The molecule has 2 saturated carbocycles. The van der Waals surface area contributed by atoms with Gasteiger partial charge in [-0.1, -0.05) is 0 Å². The zero-order chi connectivity index (χ0) is 20.5. The molecule has 9 unspecified atom stereocenters. The molecule has 6 aliphatic rings. The van der Waals surface area contributed by atoms with Crippen molar-refractivity contribution < 1.29 is 29.4 Å². The Kier molecular flexibility index (Phi) is 3.58. The predicted molar refractivity (Wildman–Crippen MR) is 104 cm³/mol. The van der Waals surface area contributed by atoms with E-state index in [1.165, 1.54) is 33.3 Å². The lowest BCUT2D eigenvalue weighted by molar-refractivity contribution is -0.170. The third-order valence-electron chi connectivity index (χ3n) is 8.00. The van der Waals surface area contributed by atoms with Gasteiger partial charge in [0.05, 0.1) is 29.5 Å². The Labute approximate surface area is 175 Å². The van der Waals surface area contributed by atoms with Crippen molar-refractivity contribution in [3.63, 3.8) is 0 Å². The minimum Gasteiger partial charge on any atom is -0.391 e. The van der Waals surface area contributed by atoms with Crippen LogP contribution in [0.4, 0.5) is 0 Å². The molecule has 4 saturated heterocycles. The van der Waals surface area contributed by atoms with Crippen LogP contribution in [0.5, 0.6) is 0 Å². The van der Waals surface area contributed by atoms with E-state index in [0.29, 0.717) is 0 Å². The standard InChI is InChI=1S/C19H22N2O6S2/c1-28-18-5-7-9(22)2-3-10(23)13(7)20(18)17(27)19-6-8-14(21(19)16(18)26)11(24)4-12(29-19)15(8)25/h7-8,10-14,23-24H,2-6H2,1H3. The Hall–Kier alpha value is -1.10. The number of aliphatic hydroxyl groups is 2. The summed E-state index contributed by atoms with van der Waals surface area (Å²) < 4.78 is 0. The van der Waals surface area contributed by atoms with Gasteiger partial charge in [0, 0.05) is 31.1 Å². The number of hydrogen-bond donors (Lipinski definition) is 2. The monoisotopic (exact) mass is 438 g/mol. The largest absolute Gasteiger partial charge is 0.391 e. The van der Waals surface area contributed by atoms with Crippen LogP contribution in [0, 0.1) is 11.8 Å². The van der Waals surface area contributed by atoms with Crippen molar-refractivity contribution in [2.24, 2.45) is 11.8 Å². The first-order valence-corrected chi connectivity index (χ1v) is 12.2. The molecule has 9 atom stereocenters. The molecule has 0 aromatic carbocycles. The molecule has 0 aromatic rings. The molecule has 2 N–H and O–H groups in total. The average molecular weight is 439 g/mol. The highest BCUT2D eigenvalue weighted by Crippen LogP contribution is 2.64. The lowest BCUT2D eigenvalue weighted by Gasteiger charge is -2.54. The molecule has 3 bridgehead atoms. The van der Waals surface area contributed by atoms with Crippen molar-refractivity contribution in [2.75, 3.05) is 6.26 Å². The Morgan fingerprint density at radius 2 is 1.72 bits per heavy atom. The summed E-state index contributed by atoms with van der Waals surface area (Å²) in [5.41, 5.74) is 0.